The van der Waals surface area contributed by atoms with E-state index in [1.54, 1.807) is 0 Å². The standard InChI is InChI=1S/C25H53N2/c1-5-7-8-9-10-11-12-13-14-15-16-17-18-19-20-21-23-26-24-22-25-27(3,4)6-2/h13-14,26H,5-12,15-25H2,1-4H3/q+1/b14-13-. The van der Waals surface area contributed by atoms with Crippen LogP contribution in [0.5, 0.6) is 0 Å². The van der Waals surface area contributed by atoms with Crippen molar-refractivity contribution in [1.29, 1.82) is 0 Å². The van der Waals surface area contributed by atoms with E-state index in [4.69, 9.17) is 0 Å². The number of rotatable bonds is 21. The molecule has 0 rings (SSSR count). The molecule has 0 spiro atoms. The number of hydrogen-bond donors (Lipinski definition) is 1. The second-order valence-electron chi connectivity index (χ2n) is 9.02. The van der Waals surface area contributed by atoms with Crippen LogP contribution in [-0.2, 0) is 0 Å². The zero-order valence-electron chi connectivity index (χ0n) is 19.5. The van der Waals surface area contributed by atoms with Crippen molar-refractivity contribution < 1.29 is 4.48 Å². The molecule has 2 heteroatoms. The minimum absolute atomic E-state index is 1.15. The maximum Gasteiger partial charge on any atom is 0.0794 e. The summed E-state index contributed by atoms with van der Waals surface area (Å²) in [5.41, 5.74) is 0. The molecule has 0 amide bonds. The molecule has 0 aliphatic rings. The van der Waals surface area contributed by atoms with Crippen molar-refractivity contribution in [2.45, 2.75) is 110 Å². The molecule has 2 nitrogen and oxygen atoms in total. The zero-order chi connectivity index (χ0) is 20.1. The first-order valence-electron chi connectivity index (χ1n) is 12.3. The summed E-state index contributed by atoms with van der Waals surface area (Å²) < 4.78 is 1.15. The monoisotopic (exact) mass is 381 g/mol. The van der Waals surface area contributed by atoms with E-state index in [9.17, 15) is 0 Å². The highest BCUT2D eigenvalue weighted by atomic mass is 15.3. The molecule has 0 fully saturated rings. The largest absolute Gasteiger partial charge is 0.329 e. The van der Waals surface area contributed by atoms with Gasteiger partial charge in [0.1, 0.15) is 0 Å². The van der Waals surface area contributed by atoms with Crippen LogP contribution in [0.25, 0.3) is 0 Å². The van der Waals surface area contributed by atoms with Gasteiger partial charge >= 0.3 is 0 Å². The highest BCUT2D eigenvalue weighted by Crippen LogP contribution is 2.09. The van der Waals surface area contributed by atoms with Crippen molar-refractivity contribution in [3.63, 3.8) is 0 Å². The number of quaternary nitrogens is 1. The summed E-state index contributed by atoms with van der Waals surface area (Å²) in [7, 11) is 4.65. The van der Waals surface area contributed by atoms with Crippen LogP contribution >= 0.6 is 0 Å². The fourth-order valence-corrected chi connectivity index (χ4v) is 3.41. The van der Waals surface area contributed by atoms with E-state index in [1.165, 1.54) is 122 Å². The Kier molecular flexibility index (Phi) is 20.1. The van der Waals surface area contributed by atoms with E-state index in [1.807, 2.05) is 0 Å². The Morgan fingerprint density at radius 1 is 0.593 bits per heavy atom. The van der Waals surface area contributed by atoms with Gasteiger partial charge in [0.15, 0.2) is 0 Å². The van der Waals surface area contributed by atoms with Gasteiger partial charge in [0, 0.05) is 13.0 Å². The molecule has 0 aromatic rings. The first kappa shape index (κ1) is 26.7. The van der Waals surface area contributed by atoms with Crippen molar-refractivity contribution in [2.75, 3.05) is 40.3 Å². The molecule has 0 heterocycles. The van der Waals surface area contributed by atoms with Gasteiger partial charge in [0.25, 0.3) is 0 Å². The predicted octanol–water partition coefficient (Wildman–Crippen LogP) is 7.10. The van der Waals surface area contributed by atoms with Crippen LogP contribution < -0.4 is 5.32 Å². The molecule has 0 saturated carbocycles. The summed E-state index contributed by atoms with van der Waals surface area (Å²) in [5.74, 6) is 0. The topological polar surface area (TPSA) is 12.0 Å². The maximum atomic E-state index is 3.61. The number of hydrogen-bond acceptors (Lipinski definition) is 1. The minimum atomic E-state index is 1.15. The summed E-state index contributed by atoms with van der Waals surface area (Å²) in [6.07, 6.45) is 25.6. The number of nitrogens with one attached hydrogen (secondary N) is 1. The fraction of sp³-hybridized carbons (Fsp3) is 0.920. The Balaban J connectivity index is 3.13. The second-order valence-corrected chi connectivity index (χ2v) is 9.02. The van der Waals surface area contributed by atoms with Crippen LogP contribution in [0.2, 0.25) is 0 Å². The molecule has 162 valence electrons. The molecule has 0 saturated heterocycles. The van der Waals surface area contributed by atoms with Crippen molar-refractivity contribution >= 4 is 0 Å². The smallest absolute Gasteiger partial charge is 0.0794 e. The Hall–Kier alpha value is -0.340. The Morgan fingerprint density at radius 3 is 1.63 bits per heavy atom. The lowest BCUT2D eigenvalue weighted by atomic mass is 10.1. The highest BCUT2D eigenvalue weighted by Gasteiger charge is 2.09. The third-order valence-electron chi connectivity index (χ3n) is 5.84. The average Bonchev–Trinajstić information content (AvgIpc) is 2.66. The molecule has 0 aliphatic carbocycles. The van der Waals surface area contributed by atoms with Crippen LogP contribution in [0, 0.1) is 0 Å². The quantitative estimate of drug-likeness (QED) is 0.127. The lowest BCUT2D eigenvalue weighted by Crippen LogP contribution is -2.41. The first-order valence-corrected chi connectivity index (χ1v) is 12.3. The van der Waals surface area contributed by atoms with Crippen molar-refractivity contribution in [2.24, 2.45) is 0 Å². The summed E-state index contributed by atoms with van der Waals surface area (Å²) in [6.45, 7) is 9.48. The van der Waals surface area contributed by atoms with E-state index in [-0.39, 0.29) is 0 Å². The van der Waals surface area contributed by atoms with Gasteiger partial charge in [-0.1, -0.05) is 76.9 Å². The van der Waals surface area contributed by atoms with E-state index >= 15 is 0 Å². The lowest BCUT2D eigenvalue weighted by Gasteiger charge is -2.28. The van der Waals surface area contributed by atoms with Crippen LogP contribution in [0.15, 0.2) is 12.2 Å². The van der Waals surface area contributed by atoms with Gasteiger partial charge in [-0.3, -0.25) is 0 Å². The Bertz CT molecular complexity index is 309. The summed E-state index contributed by atoms with van der Waals surface area (Å²) >= 11 is 0. The third-order valence-corrected chi connectivity index (χ3v) is 5.84. The average molecular weight is 382 g/mol. The van der Waals surface area contributed by atoms with Gasteiger partial charge in [-0.15, -0.1) is 0 Å². The van der Waals surface area contributed by atoms with Crippen molar-refractivity contribution in [3.05, 3.63) is 12.2 Å². The second kappa shape index (κ2) is 20.4. The predicted molar refractivity (Wildman–Crippen MR) is 124 cm³/mol. The number of allylic oxidation sites excluding steroid dienone is 2. The zero-order valence-corrected chi connectivity index (χ0v) is 19.5. The van der Waals surface area contributed by atoms with E-state index in [2.05, 4.69) is 45.4 Å². The molecule has 0 bridgehead atoms. The molecule has 0 radical (unpaired) electrons. The Labute approximate surface area is 172 Å². The van der Waals surface area contributed by atoms with Crippen LogP contribution in [0.1, 0.15) is 110 Å². The van der Waals surface area contributed by atoms with Gasteiger partial charge in [-0.25, -0.2) is 0 Å². The van der Waals surface area contributed by atoms with Gasteiger partial charge in [-0.2, -0.15) is 0 Å². The minimum Gasteiger partial charge on any atom is -0.329 e. The molecule has 0 atom stereocenters. The fourth-order valence-electron chi connectivity index (χ4n) is 3.41. The number of nitrogens with zero attached hydrogens (tertiary/aromatic N) is 1. The molecule has 0 aromatic heterocycles. The summed E-state index contributed by atoms with van der Waals surface area (Å²) in [6, 6.07) is 0. The first-order chi connectivity index (χ1) is 13.1. The molecular weight excluding hydrogens is 328 g/mol. The number of unbranched alkanes of at least 4 members (excludes halogenated alkanes) is 12. The normalized spacial score (nSPS) is 12.3. The molecule has 27 heavy (non-hydrogen) atoms. The van der Waals surface area contributed by atoms with Gasteiger partial charge in [-0.05, 0) is 45.6 Å². The van der Waals surface area contributed by atoms with Crippen LogP contribution in [0.4, 0.5) is 0 Å². The van der Waals surface area contributed by atoms with E-state index < -0.39 is 0 Å². The van der Waals surface area contributed by atoms with Crippen LogP contribution in [0.3, 0.4) is 0 Å². The lowest BCUT2D eigenvalue weighted by molar-refractivity contribution is -0.888. The molecule has 0 unspecified atom stereocenters. The SMILES string of the molecule is CCCCCCCC/C=C\CCCCCCCCNCCC[N+](C)(C)CC. The highest BCUT2D eigenvalue weighted by molar-refractivity contribution is 4.81. The maximum absolute atomic E-state index is 3.61. The van der Waals surface area contributed by atoms with E-state index in [0.29, 0.717) is 0 Å². The van der Waals surface area contributed by atoms with Crippen LogP contribution in [-0.4, -0.2) is 44.8 Å². The summed E-state index contributed by atoms with van der Waals surface area (Å²) in [4.78, 5) is 0. The Morgan fingerprint density at radius 2 is 1.07 bits per heavy atom. The molecule has 0 aliphatic heterocycles. The van der Waals surface area contributed by atoms with Crippen molar-refractivity contribution in [1.82, 2.24) is 5.32 Å². The third kappa shape index (κ3) is 21.8. The summed E-state index contributed by atoms with van der Waals surface area (Å²) in [5, 5.41) is 3.61. The molecular formula is C25H53N2+. The van der Waals surface area contributed by atoms with E-state index in [0.717, 1.165) is 4.48 Å². The van der Waals surface area contributed by atoms with Gasteiger partial charge < -0.3 is 9.80 Å². The molecule has 1 N–H and O–H groups in total. The van der Waals surface area contributed by atoms with Crippen molar-refractivity contribution in [3.8, 4) is 0 Å². The molecule has 0 aromatic carbocycles. The van der Waals surface area contributed by atoms with Gasteiger partial charge in [0.2, 0.25) is 0 Å². The van der Waals surface area contributed by atoms with Gasteiger partial charge in [0.05, 0.1) is 27.2 Å².